The highest BCUT2D eigenvalue weighted by atomic mass is 32.1. The molecule has 86 valence electrons. The van der Waals surface area contributed by atoms with Crippen molar-refractivity contribution in [2.24, 2.45) is 0 Å². The second-order valence-corrected chi connectivity index (χ2v) is 4.82. The fourth-order valence-corrected chi connectivity index (χ4v) is 2.31. The average molecular weight is 236 g/mol. The Labute approximate surface area is 99.4 Å². The topological polar surface area (TPSA) is 38.0 Å². The largest absolute Gasteiger partial charge is 0.389 e. The Kier molecular flexibility index (Phi) is 3.41. The van der Waals surface area contributed by atoms with Crippen molar-refractivity contribution in [2.45, 2.75) is 32.9 Å². The Morgan fingerprint density at radius 2 is 2.38 bits per heavy atom. The van der Waals surface area contributed by atoms with Crippen molar-refractivity contribution < 1.29 is 5.11 Å². The first-order valence-corrected chi connectivity index (χ1v) is 6.34. The number of nitrogens with zero attached hydrogens (tertiary/aromatic N) is 2. The highest BCUT2D eigenvalue weighted by molar-refractivity contribution is 7.09. The molecule has 4 heteroatoms. The molecule has 16 heavy (non-hydrogen) atoms. The van der Waals surface area contributed by atoms with E-state index in [9.17, 15) is 5.11 Å². The minimum Gasteiger partial charge on any atom is -0.389 e. The van der Waals surface area contributed by atoms with Crippen LogP contribution in [0.3, 0.4) is 0 Å². The van der Waals surface area contributed by atoms with Crippen LogP contribution in [0.15, 0.2) is 23.8 Å². The van der Waals surface area contributed by atoms with Crippen LogP contribution in [0, 0.1) is 0 Å². The second kappa shape index (κ2) is 4.80. The van der Waals surface area contributed by atoms with Crippen LogP contribution < -0.4 is 0 Å². The fourth-order valence-electron chi connectivity index (χ4n) is 1.58. The summed E-state index contributed by atoms with van der Waals surface area (Å²) in [6, 6.07) is 1.94. The third-order valence-corrected chi connectivity index (χ3v) is 3.54. The van der Waals surface area contributed by atoms with Crippen LogP contribution in [-0.4, -0.2) is 14.7 Å². The summed E-state index contributed by atoms with van der Waals surface area (Å²) in [4.78, 5) is 4.51. The predicted octanol–water partition coefficient (Wildman–Crippen LogP) is 2.61. The van der Waals surface area contributed by atoms with E-state index in [1.165, 1.54) is 5.01 Å². The van der Waals surface area contributed by atoms with Crippen LogP contribution >= 0.6 is 11.3 Å². The molecule has 0 fully saturated rings. The van der Waals surface area contributed by atoms with Crippen molar-refractivity contribution in [3.63, 3.8) is 0 Å². The molecule has 0 radical (unpaired) electrons. The number of hydrogen-bond donors (Lipinski definition) is 1. The summed E-state index contributed by atoms with van der Waals surface area (Å²) < 4.78 is 2.05. The van der Waals surface area contributed by atoms with Gasteiger partial charge in [0.1, 0.15) is 0 Å². The first kappa shape index (κ1) is 11.4. The average Bonchev–Trinajstić information content (AvgIpc) is 2.87. The van der Waals surface area contributed by atoms with E-state index in [0.717, 1.165) is 24.2 Å². The monoisotopic (exact) mass is 236 g/mol. The van der Waals surface area contributed by atoms with Crippen LogP contribution in [0.25, 0.3) is 0 Å². The van der Waals surface area contributed by atoms with Gasteiger partial charge in [0.25, 0.3) is 0 Å². The van der Waals surface area contributed by atoms with Gasteiger partial charge < -0.3 is 9.67 Å². The molecule has 0 aliphatic carbocycles. The molecule has 0 saturated carbocycles. The summed E-state index contributed by atoms with van der Waals surface area (Å²) in [6.45, 7) is 4.67. The van der Waals surface area contributed by atoms with Crippen LogP contribution in [-0.2, 0) is 13.0 Å². The normalized spacial score (nSPS) is 12.9. The summed E-state index contributed by atoms with van der Waals surface area (Å²) in [5.74, 6) is 0. The van der Waals surface area contributed by atoms with E-state index in [1.54, 1.807) is 18.3 Å². The van der Waals surface area contributed by atoms with Crippen LogP contribution in [0.2, 0.25) is 0 Å². The Morgan fingerprint density at radius 1 is 1.56 bits per heavy atom. The Hall–Kier alpha value is -1.13. The smallest absolute Gasteiger partial charge is 0.0926 e. The molecule has 1 unspecified atom stereocenters. The number of aryl methyl sites for hydroxylation is 1. The van der Waals surface area contributed by atoms with Gasteiger partial charge in [-0.25, -0.2) is 4.98 Å². The first-order valence-electron chi connectivity index (χ1n) is 5.46. The van der Waals surface area contributed by atoms with E-state index in [0.29, 0.717) is 0 Å². The highest BCUT2D eigenvalue weighted by Gasteiger charge is 2.05. The van der Waals surface area contributed by atoms with Gasteiger partial charge in [0, 0.05) is 17.8 Å². The molecular formula is C12H16N2OS. The van der Waals surface area contributed by atoms with Crippen molar-refractivity contribution in [1.82, 2.24) is 9.55 Å². The molecule has 0 aliphatic heterocycles. The lowest BCUT2D eigenvalue weighted by Gasteiger charge is -2.00. The predicted molar refractivity (Wildman–Crippen MR) is 65.7 cm³/mol. The van der Waals surface area contributed by atoms with Crippen molar-refractivity contribution in [3.05, 3.63) is 40.1 Å². The van der Waals surface area contributed by atoms with Gasteiger partial charge in [0.05, 0.1) is 23.4 Å². The molecule has 0 bridgehead atoms. The summed E-state index contributed by atoms with van der Waals surface area (Å²) in [5, 5.41) is 12.7. The van der Waals surface area contributed by atoms with Gasteiger partial charge in [-0.3, -0.25) is 0 Å². The van der Waals surface area contributed by atoms with Gasteiger partial charge in [-0.2, -0.15) is 0 Å². The maximum Gasteiger partial charge on any atom is 0.0926 e. The number of aliphatic hydroxyl groups excluding tert-OH is 1. The van der Waals surface area contributed by atoms with Gasteiger partial charge in [0.15, 0.2) is 0 Å². The quantitative estimate of drug-likeness (QED) is 0.886. The third kappa shape index (κ3) is 2.51. The van der Waals surface area contributed by atoms with E-state index >= 15 is 0 Å². The van der Waals surface area contributed by atoms with Gasteiger partial charge in [-0.05, 0) is 25.0 Å². The molecule has 0 spiro atoms. The lowest BCUT2D eigenvalue weighted by Crippen LogP contribution is -1.97. The van der Waals surface area contributed by atoms with Gasteiger partial charge >= 0.3 is 0 Å². The summed E-state index contributed by atoms with van der Waals surface area (Å²) in [5.41, 5.74) is 2.04. The molecule has 2 aromatic rings. The number of rotatable bonds is 4. The zero-order chi connectivity index (χ0) is 11.5. The molecule has 0 amide bonds. The van der Waals surface area contributed by atoms with Gasteiger partial charge in [0.2, 0.25) is 0 Å². The van der Waals surface area contributed by atoms with Crippen molar-refractivity contribution in [3.8, 4) is 0 Å². The van der Waals surface area contributed by atoms with E-state index in [-0.39, 0.29) is 0 Å². The maximum atomic E-state index is 9.42. The molecule has 2 rings (SSSR count). The first-order chi connectivity index (χ1) is 7.69. The van der Waals surface area contributed by atoms with Crippen molar-refractivity contribution in [2.75, 3.05) is 0 Å². The Bertz CT molecular complexity index is 459. The van der Waals surface area contributed by atoms with E-state index in [2.05, 4.69) is 21.9 Å². The molecule has 3 nitrogen and oxygen atoms in total. The van der Waals surface area contributed by atoms with Gasteiger partial charge in [-0.15, -0.1) is 11.3 Å². The third-order valence-electron chi connectivity index (χ3n) is 2.50. The molecule has 1 N–H and O–H groups in total. The summed E-state index contributed by atoms with van der Waals surface area (Å²) in [6.07, 6.45) is 4.54. The zero-order valence-electron chi connectivity index (χ0n) is 9.55. The number of thiazole rings is 1. The maximum absolute atomic E-state index is 9.42. The second-order valence-electron chi connectivity index (χ2n) is 3.88. The number of hydrogen-bond acceptors (Lipinski definition) is 3. The fraction of sp³-hybridized carbons (Fsp3) is 0.417. The number of aliphatic hydroxyl groups is 1. The van der Waals surface area contributed by atoms with E-state index in [4.69, 9.17) is 0 Å². The Morgan fingerprint density at radius 3 is 2.94 bits per heavy atom. The van der Waals surface area contributed by atoms with Crippen LogP contribution in [0.5, 0.6) is 0 Å². The molecule has 0 saturated heterocycles. The minimum atomic E-state index is -0.400. The lowest BCUT2D eigenvalue weighted by atomic mass is 10.2. The zero-order valence-corrected chi connectivity index (χ0v) is 10.4. The highest BCUT2D eigenvalue weighted by Crippen LogP contribution is 2.15. The van der Waals surface area contributed by atoms with Crippen molar-refractivity contribution >= 4 is 11.3 Å². The van der Waals surface area contributed by atoms with E-state index in [1.807, 2.05) is 18.5 Å². The van der Waals surface area contributed by atoms with Crippen LogP contribution in [0.4, 0.5) is 0 Å². The molecule has 0 aliphatic rings. The SMILES string of the molecule is CCc1nc(Cn2ccc(C(C)O)c2)cs1. The molecular weight excluding hydrogens is 220 g/mol. The van der Waals surface area contributed by atoms with Crippen molar-refractivity contribution in [1.29, 1.82) is 0 Å². The summed E-state index contributed by atoms with van der Waals surface area (Å²) in [7, 11) is 0. The van der Waals surface area contributed by atoms with E-state index < -0.39 is 6.10 Å². The van der Waals surface area contributed by atoms with Crippen LogP contribution in [0.1, 0.15) is 36.2 Å². The Balaban J connectivity index is 2.08. The molecule has 1 atom stereocenters. The lowest BCUT2D eigenvalue weighted by molar-refractivity contribution is 0.199. The van der Waals surface area contributed by atoms with Gasteiger partial charge in [-0.1, -0.05) is 6.92 Å². The molecule has 0 aromatic carbocycles. The minimum absolute atomic E-state index is 0.400. The molecule has 2 heterocycles. The summed E-state index contributed by atoms with van der Waals surface area (Å²) >= 11 is 1.71. The standard InChI is InChI=1S/C12H16N2OS/c1-3-12-13-11(8-16-12)7-14-5-4-10(6-14)9(2)15/h4-6,8-9,15H,3,7H2,1-2H3. The number of aromatic nitrogens is 2. The molecule has 2 aromatic heterocycles.